The van der Waals surface area contributed by atoms with Crippen molar-refractivity contribution in [1.29, 1.82) is 0 Å². The number of rotatable bonds is 3. The van der Waals surface area contributed by atoms with Crippen molar-refractivity contribution in [2.24, 2.45) is 0 Å². The van der Waals surface area contributed by atoms with E-state index in [4.69, 9.17) is 8.83 Å². The van der Waals surface area contributed by atoms with Crippen molar-refractivity contribution < 1.29 is 8.83 Å². The van der Waals surface area contributed by atoms with Gasteiger partial charge in [-0.25, -0.2) is 0 Å². The highest BCUT2D eigenvalue weighted by Gasteiger charge is 2.18. The van der Waals surface area contributed by atoms with Crippen LogP contribution in [0.25, 0.3) is 74.8 Å². The lowest BCUT2D eigenvalue weighted by Gasteiger charge is -2.26. The average molecular weight is 582 g/mol. The molecule has 0 atom stereocenters. The molecule has 10 aromatic rings. The Morgan fingerprint density at radius 3 is 1.75 bits per heavy atom. The van der Waals surface area contributed by atoms with Crippen molar-refractivity contribution in [3.8, 4) is 0 Å². The molecule has 0 aliphatic heterocycles. The molecule has 3 heterocycles. The summed E-state index contributed by atoms with van der Waals surface area (Å²) in [6.07, 6.45) is 0. The monoisotopic (exact) mass is 581 g/mol. The molecule has 0 aliphatic rings. The standard InChI is InChI=1S/C40H23NO2S/c1-4-10-35-29(7-1)31-17-15-27(22-38(31)43-35)41(28-16-18-33-32-9-3-6-12-39(32)44-40(33)23-28)26-14-13-24-20-34-30-8-2-5-11-36(30)42-37(34)21-25(24)19-26/h1-23H. The van der Waals surface area contributed by atoms with Gasteiger partial charge in [-0.05, 0) is 77.5 Å². The topological polar surface area (TPSA) is 29.5 Å². The predicted octanol–water partition coefficient (Wildman–Crippen LogP) is 12.5. The molecule has 0 N–H and O–H groups in total. The van der Waals surface area contributed by atoms with E-state index in [-0.39, 0.29) is 0 Å². The second-order valence-electron chi connectivity index (χ2n) is 11.4. The highest BCUT2D eigenvalue weighted by atomic mass is 32.1. The Morgan fingerprint density at radius 1 is 0.364 bits per heavy atom. The Bertz CT molecular complexity index is 2630. The fourth-order valence-electron chi connectivity index (χ4n) is 6.75. The minimum atomic E-state index is 0.876. The van der Waals surface area contributed by atoms with Crippen molar-refractivity contribution in [1.82, 2.24) is 0 Å². The average Bonchev–Trinajstić information content (AvgIpc) is 3.74. The maximum absolute atomic E-state index is 6.34. The fraction of sp³-hybridized carbons (Fsp3) is 0. The van der Waals surface area contributed by atoms with Crippen molar-refractivity contribution in [2.75, 3.05) is 4.90 Å². The summed E-state index contributed by atoms with van der Waals surface area (Å²) in [6.45, 7) is 0. The van der Waals surface area contributed by atoms with Crippen LogP contribution < -0.4 is 4.90 Å². The quantitative estimate of drug-likeness (QED) is 0.208. The van der Waals surface area contributed by atoms with Crippen LogP contribution in [0.3, 0.4) is 0 Å². The van der Waals surface area contributed by atoms with E-state index in [1.807, 2.05) is 35.6 Å². The maximum Gasteiger partial charge on any atom is 0.137 e. The normalized spacial score (nSPS) is 12.1. The molecule has 0 radical (unpaired) electrons. The first kappa shape index (κ1) is 23.9. The number of para-hydroxylation sites is 2. The lowest BCUT2D eigenvalue weighted by atomic mass is 10.0. The molecule has 0 bridgehead atoms. The molecule has 44 heavy (non-hydrogen) atoms. The first-order chi connectivity index (χ1) is 21.8. The third-order valence-electron chi connectivity index (χ3n) is 8.82. The number of benzene rings is 7. The SMILES string of the molecule is c1ccc2c(c1)oc1cc(N(c3ccc4cc5c(cc4c3)oc3ccccc35)c3ccc4c(c3)sc3ccccc34)ccc12. The maximum atomic E-state index is 6.34. The summed E-state index contributed by atoms with van der Waals surface area (Å²) in [5.74, 6) is 0. The van der Waals surface area contributed by atoms with Crippen LogP contribution in [-0.2, 0) is 0 Å². The number of nitrogens with zero attached hydrogens (tertiary/aromatic N) is 1. The number of hydrogen-bond acceptors (Lipinski definition) is 4. The van der Waals surface area contributed by atoms with Crippen molar-refractivity contribution >= 4 is 103 Å². The summed E-state index contributed by atoms with van der Waals surface area (Å²) >= 11 is 1.84. The second-order valence-corrected chi connectivity index (χ2v) is 12.5. The smallest absolute Gasteiger partial charge is 0.137 e. The van der Waals surface area contributed by atoms with E-state index in [1.54, 1.807) is 0 Å². The Balaban J connectivity index is 1.20. The van der Waals surface area contributed by atoms with Crippen LogP contribution in [-0.4, -0.2) is 0 Å². The first-order valence-corrected chi connectivity index (χ1v) is 15.6. The first-order valence-electron chi connectivity index (χ1n) is 14.7. The van der Waals surface area contributed by atoms with E-state index in [0.29, 0.717) is 0 Å². The Morgan fingerprint density at radius 2 is 0.932 bits per heavy atom. The zero-order chi connectivity index (χ0) is 28.8. The van der Waals surface area contributed by atoms with Gasteiger partial charge in [0, 0.05) is 64.8 Å². The molecule has 3 nitrogen and oxygen atoms in total. The molecular weight excluding hydrogens is 559 g/mol. The van der Waals surface area contributed by atoms with Gasteiger partial charge in [0.25, 0.3) is 0 Å². The van der Waals surface area contributed by atoms with Crippen molar-refractivity contribution in [2.45, 2.75) is 0 Å². The summed E-state index contributed by atoms with van der Waals surface area (Å²) in [5.41, 5.74) is 6.81. The molecule has 7 aromatic carbocycles. The lowest BCUT2D eigenvalue weighted by molar-refractivity contribution is 0.669. The summed E-state index contributed by atoms with van der Waals surface area (Å²) in [7, 11) is 0. The lowest BCUT2D eigenvalue weighted by Crippen LogP contribution is -2.09. The summed E-state index contributed by atoms with van der Waals surface area (Å²) in [6, 6.07) is 49.6. The summed E-state index contributed by atoms with van der Waals surface area (Å²) < 4.78 is 15.2. The van der Waals surface area contributed by atoms with Gasteiger partial charge in [-0.2, -0.15) is 0 Å². The van der Waals surface area contributed by atoms with E-state index >= 15 is 0 Å². The second kappa shape index (κ2) is 8.96. The molecule has 0 unspecified atom stereocenters. The molecule has 0 saturated carbocycles. The molecule has 0 fully saturated rings. The van der Waals surface area contributed by atoms with Crippen LogP contribution in [0.5, 0.6) is 0 Å². The van der Waals surface area contributed by atoms with Crippen molar-refractivity contribution in [3.63, 3.8) is 0 Å². The molecule has 3 aromatic heterocycles. The minimum absolute atomic E-state index is 0.876. The van der Waals surface area contributed by atoms with Gasteiger partial charge in [-0.15, -0.1) is 11.3 Å². The third-order valence-corrected chi connectivity index (χ3v) is 9.95. The van der Waals surface area contributed by atoms with Gasteiger partial charge in [0.05, 0.1) is 0 Å². The molecule has 206 valence electrons. The summed E-state index contributed by atoms with van der Waals surface area (Å²) in [4.78, 5) is 2.33. The Kier molecular flexibility index (Phi) is 4.87. The van der Waals surface area contributed by atoms with Gasteiger partial charge in [0.2, 0.25) is 0 Å². The van der Waals surface area contributed by atoms with Gasteiger partial charge in [0.15, 0.2) is 0 Å². The van der Waals surface area contributed by atoms with E-state index in [1.165, 1.54) is 25.6 Å². The summed E-state index contributed by atoms with van der Waals surface area (Å²) in [5, 5.41) is 9.44. The van der Waals surface area contributed by atoms with Crippen molar-refractivity contribution in [3.05, 3.63) is 140 Å². The van der Waals surface area contributed by atoms with Crippen LogP contribution in [0.1, 0.15) is 0 Å². The van der Waals surface area contributed by atoms with Gasteiger partial charge in [0.1, 0.15) is 22.3 Å². The van der Waals surface area contributed by atoms with Crippen LogP contribution in [0.4, 0.5) is 17.1 Å². The van der Waals surface area contributed by atoms with Gasteiger partial charge in [-0.1, -0.05) is 66.7 Å². The van der Waals surface area contributed by atoms with Gasteiger partial charge < -0.3 is 13.7 Å². The number of hydrogen-bond donors (Lipinski definition) is 0. The molecule has 0 amide bonds. The predicted molar refractivity (Wildman–Crippen MR) is 186 cm³/mol. The van der Waals surface area contributed by atoms with Gasteiger partial charge in [-0.3, -0.25) is 0 Å². The molecule has 4 heteroatoms. The molecule has 0 saturated heterocycles. The molecule has 10 rings (SSSR count). The molecule has 0 aliphatic carbocycles. The fourth-order valence-corrected chi connectivity index (χ4v) is 7.89. The molecule has 0 spiro atoms. The van der Waals surface area contributed by atoms with Crippen LogP contribution in [0, 0.1) is 0 Å². The number of fused-ring (bicyclic) bond motifs is 10. The van der Waals surface area contributed by atoms with Gasteiger partial charge >= 0.3 is 0 Å². The third kappa shape index (κ3) is 3.49. The minimum Gasteiger partial charge on any atom is -0.456 e. The number of anilines is 3. The van der Waals surface area contributed by atoms with Crippen LogP contribution in [0.15, 0.2) is 148 Å². The van der Waals surface area contributed by atoms with Crippen LogP contribution >= 0.6 is 11.3 Å². The van der Waals surface area contributed by atoms with E-state index in [9.17, 15) is 0 Å². The van der Waals surface area contributed by atoms with Crippen LogP contribution in [0.2, 0.25) is 0 Å². The Hall–Kier alpha value is -5.58. The van der Waals surface area contributed by atoms with E-state index in [2.05, 4.69) is 120 Å². The highest BCUT2D eigenvalue weighted by molar-refractivity contribution is 7.25. The molecular formula is C40H23NO2S. The Labute approximate surface area is 255 Å². The highest BCUT2D eigenvalue weighted by Crippen LogP contribution is 2.43. The van der Waals surface area contributed by atoms with E-state index in [0.717, 1.165) is 66.3 Å². The largest absolute Gasteiger partial charge is 0.456 e. The van der Waals surface area contributed by atoms with E-state index < -0.39 is 0 Å². The number of thiophene rings is 1. The zero-order valence-electron chi connectivity index (χ0n) is 23.5. The zero-order valence-corrected chi connectivity index (χ0v) is 24.3. The number of furan rings is 2.